The van der Waals surface area contributed by atoms with Crippen molar-refractivity contribution in [2.45, 2.75) is 25.1 Å². The second-order valence-electron chi connectivity index (χ2n) is 3.81. The molecule has 3 atom stereocenters. The molecule has 14 heavy (non-hydrogen) atoms. The second-order valence-corrected chi connectivity index (χ2v) is 5.51. The summed E-state index contributed by atoms with van der Waals surface area (Å²) >= 11 is 0. The van der Waals surface area contributed by atoms with Crippen LogP contribution < -0.4 is 5.32 Å². The lowest BCUT2D eigenvalue weighted by molar-refractivity contribution is -0.142. The van der Waals surface area contributed by atoms with E-state index in [1.807, 2.05) is 13.8 Å². The van der Waals surface area contributed by atoms with E-state index in [4.69, 9.17) is 0 Å². The van der Waals surface area contributed by atoms with Crippen LogP contribution in [0.5, 0.6) is 0 Å². The topological polar surface area (TPSA) is 55.4 Å². The van der Waals surface area contributed by atoms with Gasteiger partial charge in [0.05, 0.1) is 7.11 Å². The molecular weight excluding hydrogens is 202 g/mol. The molecule has 82 valence electrons. The zero-order valence-corrected chi connectivity index (χ0v) is 9.60. The number of hydrogen-bond acceptors (Lipinski definition) is 4. The summed E-state index contributed by atoms with van der Waals surface area (Å²) < 4.78 is 16.3. The Bertz CT molecular complexity index is 242. The molecule has 1 rings (SSSR count). The van der Waals surface area contributed by atoms with Gasteiger partial charge < -0.3 is 10.1 Å². The van der Waals surface area contributed by atoms with Crippen LogP contribution in [0.2, 0.25) is 0 Å². The van der Waals surface area contributed by atoms with E-state index in [0.29, 0.717) is 18.2 Å². The normalized spacial score (nSPS) is 33.0. The van der Waals surface area contributed by atoms with Gasteiger partial charge in [-0.2, -0.15) is 0 Å². The molecule has 0 spiro atoms. The fourth-order valence-electron chi connectivity index (χ4n) is 1.53. The SMILES string of the molecule is COC(=O)C1CS(=O)C(C(C)C)CN1. The lowest BCUT2D eigenvalue weighted by Gasteiger charge is -2.29. The number of carbonyl (C=O) groups excluding carboxylic acids is 1. The van der Waals surface area contributed by atoms with Crippen LogP contribution in [0.15, 0.2) is 0 Å². The van der Waals surface area contributed by atoms with Gasteiger partial charge in [-0.25, -0.2) is 0 Å². The average Bonchev–Trinajstić information content (AvgIpc) is 2.15. The number of ether oxygens (including phenoxy) is 1. The first kappa shape index (κ1) is 11.7. The van der Waals surface area contributed by atoms with Gasteiger partial charge in [-0.3, -0.25) is 9.00 Å². The standard InChI is InChI=1S/C9H17NO3S/c1-6(2)8-4-10-7(5-14(8)12)9(11)13-3/h6-8,10H,4-5H2,1-3H3. The van der Waals surface area contributed by atoms with Gasteiger partial charge in [0.1, 0.15) is 6.04 Å². The van der Waals surface area contributed by atoms with E-state index in [2.05, 4.69) is 10.1 Å². The third kappa shape index (κ3) is 2.54. The van der Waals surface area contributed by atoms with E-state index in [1.54, 1.807) is 0 Å². The van der Waals surface area contributed by atoms with Crippen LogP contribution in [0.3, 0.4) is 0 Å². The first-order valence-electron chi connectivity index (χ1n) is 4.74. The molecule has 0 aromatic heterocycles. The number of nitrogens with one attached hydrogen (secondary N) is 1. The van der Waals surface area contributed by atoms with Crippen LogP contribution >= 0.6 is 0 Å². The van der Waals surface area contributed by atoms with E-state index in [1.165, 1.54) is 7.11 Å². The molecular formula is C9H17NO3S. The van der Waals surface area contributed by atoms with Gasteiger partial charge in [-0.05, 0) is 5.92 Å². The minimum Gasteiger partial charge on any atom is -0.468 e. The van der Waals surface area contributed by atoms with Gasteiger partial charge in [-0.15, -0.1) is 0 Å². The van der Waals surface area contributed by atoms with E-state index < -0.39 is 16.8 Å². The zero-order chi connectivity index (χ0) is 10.7. The van der Waals surface area contributed by atoms with E-state index in [-0.39, 0.29) is 11.2 Å². The maximum absolute atomic E-state index is 11.7. The predicted octanol–water partition coefficient (Wildman–Crippen LogP) is -0.0955. The van der Waals surface area contributed by atoms with E-state index in [9.17, 15) is 9.00 Å². The fourth-order valence-corrected chi connectivity index (χ4v) is 3.25. The molecule has 4 nitrogen and oxygen atoms in total. The summed E-state index contributed by atoms with van der Waals surface area (Å²) in [6, 6.07) is -0.393. The van der Waals surface area contributed by atoms with Crippen molar-refractivity contribution < 1.29 is 13.7 Å². The Balaban J connectivity index is 2.55. The molecule has 1 heterocycles. The summed E-state index contributed by atoms with van der Waals surface area (Å²) in [5.74, 6) is 0.428. The highest BCUT2D eigenvalue weighted by Gasteiger charge is 2.32. The second kappa shape index (κ2) is 4.89. The molecule has 3 unspecified atom stereocenters. The molecule has 0 bridgehead atoms. The molecule has 5 heteroatoms. The van der Waals surface area contributed by atoms with Crippen LogP contribution in [0.1, 0.15) is 13.8 Å². The summed E-state index contributed by atoms with van der Waals surface area (Å²) in [5.41, 5.74) is 0. The highest BCUT2D eigenvalue weighted by molar-refractivity contribution is 7.85. The molecule has 1 saturated heterocycles. The fraction of sp³-hybridized carbons (Fsp3) is 0.889. The first-order chi connectivity index (χ1) is 6.56. The monoisotopic (exact) mass is 219 g/mol. The van der Waals surface area contributed by atoms with Crippen LogP contribution in [0.25, 0.3) is 0 Å². The predicted molar refractivity (Wildman–Crippen MR) is 55.4 cm³/mol. The Hall–Kier alpha value is -0.420. The molecule has 0 aliphatic carbocycles. The van der Waals surface area contributed by atoms with Crippen molar-refractivity contribution in [2.75, 3.05) is 19.4 Å². The Morgan fingerprint density at radius 3 is 2.64 bits per heavy atom. The summed E-state index contributed by atoms with van der Waals surface area (Å²) in [4.78, 5) is 11.2. The van der Waals surface area contributed by atoms with Crippen molar-refractivity contribution in [3.05, 3.63) is 0 Å². The molecule has 0 amide bonds. The Kier molecular flexibility index (Phi) is 4.07. The Labute approximate surface area is 86.9 Å². The molecule has 0 aromatic carbocycles. The van der Waals surface area contributed by atoms with E-state index in [0.717, 1.165) is 0 Å². The molecule has 0 radical (unpaired) electrons. The largest absolute Gasteiger partial charge is 0.468 e. The van der Waals surface area contributed by atoms with Crippen molar-refractivity contribution in [1.82, 2.24) is 5.32 Å². The molecule has 1 N–H and O–H groups in total. The van der Waals surface area contributed by atoms with Crippen molar-refractivity contribution in [1.29, 1.82) is 0 Å². The number of methoxy groups -OCH3 is 1. The molecule has 0 aromatic rings. The molecule has 1 aliphatic rings. The van der Waals surface area contributed by atoms with Crippen LogP contribution in [-0.4, -0.2) is 40.9 Å². The summed E-state index contributed by atoms with van der Waals surface area (Å²) in [6.45, 7) is 4.72. The van der Waals surface area contributed by atoms with Crippen LogP contribution in [0, 0.1) is 5.92 Å². The zero-order valence-electron chi connectivity index (χ0n) is 8.78. The quantitative estimate of drug-likeness (QED) is 0.659. The first-order valence-corrected chi connectivity index (χ1v) is 6.13. The third-order valence-electron chi connectivity index (χ3n) is 2.46. The molecule has 0 saturated carbocycles. The highest BCUT2D eigenvalue weighted by Crippen LogP contribution is 2.14. The van der Waals surface area contributed by atoms with E-state index >= 15 is 0 Å². The van der Waals surface area contributed by atoms with Gasteiger partial charge >= 0.3 is 5.97 Å². The van der Waals surface area contributed by atoms with Crippen LogP contribution in [0.4, 0.5) is 0 Å². The minimum atomic E-state index is -0.924. The maximum Gasteiger partial charge on any atom is 0.323 e. The molecule has 1 aliphatic heterocycles. The molecule has 1 fully saturated rings. The number of carbonyl (C=O) groups is 1. The number of esters is 1. The average molecular weight is 219 g/mol. The summed E-state index contributed by atoms with van der Waals surface area (Å²) in [7, 11) is 0.425. The summed E-state index contributed by atoms with van der Waals surface area (Å²) in [6.07, 6.45) is 0. The number of rotatable bonds is 2. The van der Waals surface area contributed by atoms with Crippen molar-refractivity contribution in [2.24, 2.45) is 5.92 Å². The van der Waals surface area contributed by atoms with Gasteiger partial charge in [0.2, 0.25) is 0 Å². The Morgan fingerprint density at radius 2 is 2.21 bits per heavy atom. The lowest BCUT2D eigenvalue weighted by Crippen LogP contribution is -2.53. The van der Waals surface area contributed by atoms with Crippen molar-refractivity contribution in [3.63, 3.8) is 0 Å². The minimum absolute atomic E-state index is 0.149. The van der Waals surface area contributed by atoms with Gasteiger partial charge in [0.25, 0.3) is 0 Å². The number of hydrogen-bond donors (Lipinski definition) is 1. The maximum atomic E-state index is 11.7. The van der Waals surface area contributed by atoms with Crippen LogP contribution in [-0.2, 0) is 20.3 Å². The third-order valence-corrected chi connectivity index (χ3v) is 4.51. The van der Waals surface area contributed by atoms with Crippen molar-refractivity contribution >= 4 is 16.8 Å². The lowest BCUT2D eigenvalue weighted by atomic mass is 10.1. The summed E-state index contributed by atoms with van der Waals surface area (Å²) in [5, 5.41) is 3.21. The van der Waals surface area contributed by atoms with Gasteiger partial charge in [0, 0.05) is 28.3 Å². The van der Waals surface area contributed by atoms with Crippen molar-refractivity contribution in [3.8, 4) is 0 Å². The smallest absolute Gasteiger partial charge is 0.323 e. The van der Waals surface area contributed by atoms with Gasteiger partial charge in [-0.1, -0.05) is 13.8 Å². The highest BCUT2D eigenvalue weighted by atomic mass is 32.2. The Morgan fingerprint density at radius 1 is 1.57 bits per heavy atom. The van der Waals surface area contributed by atoms with Gasteiger partial charge in [0.15, 0.2) is 0 Å².